The molecule has 4 rings (SSSR count). The monoisotopic (exact) mass is 450 g/mol. The van der Waals surface area contributed by atoms with E-state index in [9.17, 15) is 4.79 Å². The molecule has 0 unspecified atom stereocenters. The molecule has 0 bridgehead atoms. The van der Waals surface area contributed by atoms with E-state index >= 15 is 0 Å². The summed E-state index contributed by atoms with van der Waals surface area (Å²) in [4.78, 5) is 27.3. The Kier molecular flexibility index (Phi) is 7.14. The van der Waals surface area contributed by atoms with E-state index < -0.39 is 0 Å². The summed E-state index contributed by atoms with van der Waals surface area (Å²) in [5, 5.41) is 1.65. The van der Waals surface area contributed by atoms with Crippen molar-refractivity contribution in [3.63, 3.8) is 0 Å². The Morgan fingerprint density at radius 2 is 1.52 bits per heavy atom. The van der Waals surface area contributed by atoms with E-state index in [0.717, 1.165) is 41.1 Å². The van der Waals surface area contributed by atoms with Crippen LogP contribution in [0.15, 0.2) is 75.9 Å². The molecule has 7 heteroatoms. The lowest BCUT2D eigenvalue weighted by Crippen LogP contribution is -2.49. The first-order chi connectivity index (χ1) is 15.1. The topological polar surface area (TPSA) is 49.3 Å². The Hall–Kier alpha value is -2.51. The summed E-state index contributed by atoms with van der Waals surface area (Å²) in [6.07, 6.45) is 3.40. The molecule has 0 aliphatic carbocycles. The second-order valence-electron chi connectivity index (χ2n) is 7.48. The van der Waals surface area contributed by atoms with Crippen molar-refractivity contribution in [2.75, 3.05) is 36.8 Å². The van der Waals surface area contributed by atoms with Crippen molar-refractivity contribution >= 4 is 35.1 Å². The third kappa shape index (κ3) is 5.40. The van der Waals surface area contributed by atoms with Crippen LogP contribution in [0.5, 0.6) is 0 Å². The number of aryl methyl sites for hydroxylation is 2. The van der Waals surface area contributed by atoms with Crippen LogP contribution in [0.4, 0.5) is 5.69 Å². The number of piperazine rings is 1. The highest BCUT2D eigenvalue weighted by Gasteiger charge is 2.22. The largest absolute Gasteiger partial charge is 0.368 e. The van der Waals surface area contributed by atoms with Gasteiger partial charge in [-0.2, -0.15) is 0 Å². The summed E-state index contributed by atoms with van der Waals surface area (Å²) >= 11 is 3.08. The zero-order valence-corrected chi connectivity index (χ0v) is 19.5. The predicted octanol–water partition coefficient (Wildman–Crippen LogP) is 4.69. The van der Waals surface area contributed by atoms with Crippen molar-refractivity contribution in [2.45, 2.75) is 28.8 Å². The fourth-order valence-corrected chi connectivity index (χ4v) is 5.49. The number of anilines is 1. The number of hydrogen-bond donors (Lipinski definition) is 0. The average Bonchev–Trinajstić information content (AvgIpc) is 2.80. The molecule has 2 aromatic carbocycles. The molecular weight excluding hydrogens is 424 g/mol. The number of rotatable bonds is 6. The normalized spacial score (nSPS) is 14.0. The van der Waals surface area contributed by atoms with Crippen LogP contribution in [-0.4, -0.2) is 52.7 Å². The van der Waals surface area contributed by atoms with Gasteiger partial charge in [0.15, 0.2) is 0 Å². The van der Waals surface area contributed by atoms with Crippen molar-refractivity contribution in [3.8, 4) is 0 Å². The van der Waals surface area contributed by atoms with E-state index in [4.69, 9.17) is 0 Å². The molecule has 3 aromatic rings. The maximum Gasteiger partial charge on any atom is 0.233 e. The molecular formula is C24H26N4OS2. The third-order valence-corrected chi connectivity index (χ3v) is 7.62. The highest BCUT2D eigenvalue weighted by Crippen LogP contribution is 2.34. The van der Waals surface area contributed by atoms with Crippen LogP contribution < -0.4 is 4.90 Å². The minimum atomic E-state index is 0.159. The van der Waals surface area contributed by atoms with Gasteiger partial charge in [-0.25, -0.2) is 9.97 Å². The third-order valence-electron chi connectivity index (χ3n) is 5.35. The lowest BCUT2D eigenvalue weighted by Gasteiger charge is -2.36. The van der Waals surface area contributed by atoms with Crippen LogP contribution in [0.1, 0.15) is 11.1 Å². The molecule has 160 valence electrons. The summed E-state index contributed by atoms with van der Waals surface area (Å²) in [5.41, 5.74) is 3.75. The van der Waals surface area contributed by atoms with Crippen LogP contribution in [-0.2, 0) is 4.79 Å². The molecule has 1 fully saturated rings. The van der Waals surface area contributed by atoms with E-state index in [1.165, 1.54) is 28.6 Å². The van der Waals surface area contributed by atoms with Gasteiger partial charge in [0, 0.05) is 49.2 Å². The number of carbonyl (C=O) groups is 1. The molecule has 0 radical (unpaired) electrons. The van der Waals surface area contributed by atoms with Gasteiger partial charge in [-0.1, -0.05) is 59.9 Å². The average molecular weight is 451 g/mol. The minimum absolute atomic E-state index is 0.159. The number of para-hydroxylation sites is 1. The molecule has 1 saturated heterocycles. The van der Waals surface area contributed by atoms with Crippen molar-refractivity contribution in [2.24, 2.45) is 0 Å². The standard InChI is InChI=1S/C24H26N4OS2/c1-18-7-3-5-9-20(18)27-13-15-28(16-14-27)22(29)17-30-23-24(26-12-11-25-23)31-21-10-6-4-8-19(21)2/h3-12H,13-17H2,1-2H3. The maximum absolute atomic E-state index is 12.8. The first-order valence-electron chi connectivity index (χ1n) is 10.4. The van der Waals surface area contributed by atoms with Gasteiger partial charge < -0.3 is 9.80 Å². The van der Waals surface area contributed by atoms with Crippen molar-refractivity contribution in [1.82, 2.24) is 14.9 Å². The highest BCUT2D eigenvalue weighted by molar-refractivity contribution is 8.02. The van der Waals surface area contributed by atoms with Crippen molar-refractivity contribution in [1.29, 1.82) is 0 Å². The molecule has 1 aliphatic rings. The van der Waals surface area contributed by atoms with Crippen molar-refractivity contribution in [3.05, 3.63) is 72.1 Å². The first-order valence-corrected chi connectivity index (χ1v) is 12.2. The fraction of sp³-hybridized carbons (Fsp3) is 0.292. The van der Waals surface area contributed by atoms with E-state index in [1.807, 2.05) is 17.0 Å². The number of aromatic nitrogens is 2. The van der Waals surface area contributed by atoms with Crippen LogP contribution in [0, 0.1) is 13.8 Å². The molecule has 1 aliphatic heterocycles. The Morgan fingerprint density at radius 1 is 0.871 bits per heavy atom. The van der Waals surface area contributed by atoms with Crippen LogP contribution in [0.25, 0.3) is 0 Å². The van der Waals surface area contributed by atoms with Gasteiger partial charge in [-0.05, 0) is 37.1 Å². The zero-order chi connectivity index (χ0) is 21.6. The van der Waals surface area contributed by atoms with Crippen LogP contribution in [0.3, 0.4) is 0 Å². The Bertz CT molecular complexity index is 1050. The number of carbonyl (C=O) groups excluding carboxylic acids is 1. The summed E-state index contributed by atoms with van der Waals surface area (Å²) in [7, 11) is 0. The van der Waals surface area contributed by atoms with E-state index in [-0.39, 0.29) is 5.91 Å². The molecule has 1 aromatic heterocycles. The van der Waals surface area contributed by atoms with E-state index in [0.29, 0.717) is 5.75 Å². The second-order valence-corrected chi connectivity index (χ2v) is 9.47. The SMILES string of the molecule is Cc1ccccc1Sc1nccnc1SCC(=O)N1CCN(c2ccccc2C)CC1. The molecule has 0 spiro atoms. The molecule has 0 atom stereocenters. The molecule has 31 heavy (non-hydrogen) atoms. The van der Waals surface area contributed by atoms with Gasteiger partial charge in [0.25, 0.3) is 0 Å². The minimum Gasteiger partial charge on any atom is -0.368 e. The summed E-state index contributed by atoms with van der Waals surface area (Å²) < 4.78 is 0. The number of hydrogen-bond acceptors (Lipinski definition) is 6. The van der Waals surface area contributed by atoms with Gasteiger partial charge in [-0.15, -0.1) is 0 Å². The molecule has 0 N–H and O–H groups in total. The van der Waals surface area contributed by atoms with Crippen molar-refractivity contribution < 1.29 is 4.79 Å². The number of benzene rings is 2. The Morgan fingerprint density at radius 3 is 2.23 bits per heavy atom. The second kappa shape index (κ2) is 10.2. The van der Waals surface area contributed by atoms with Crippen LogP contribution in [0.2, 0.25) is 0 Å². The number of nitrogens with zero attached hydrogens (tertiary/aromatic N) is 4. The molecule has 1 amide bonds. The summed E-state index contributed by atoms with van der Waals surface area (Å²) in [6.45, 7) is 7.45. The predicted molar refractivity (Wildman–Crippen MR) is 128 cm³/mol. The van der Waals surface area contributed by atoms with Gasteiger partial charge in [0.2, 0.25) is 5.91 Å². The van der Waals surface area contributed by atoms with Gasteiger partial charge in [0.05, 0.1) is 5.75 Å². The number of thioether (sulfide) groups is 1. The van der Waals surface area contributed by atoms with Gasteiger partial charge in [-0.3, -0.25) is 4.79 Å². The van der Waals surface area contributed by atoms with E-state index in [1.54, 1.807) is 24.2 Å². The van der Waals surface area contributed by atoms with E-state index in [2.05, 4.69) is 65.1 Å². The first kappa shape index (κ1) is 21.7. The Balaban J connectivity index is 1.34. The lowest BCUT2D eigenvalue weighted by atomic mass is 10.1. The molecule has 2 heterocycles. The van der Waals surface area contributed by atoms with Gasteiger partial charge >= 0.3 is 0 Å². The lowest BCUT2D eigenvalue weighted by molar-refractivity contribution is -0.128. The highest BCUT2D eigenvalue weighted by atomic mass is 32.2. The molecule has 5 nitrogen and oxygen atoms in total. The summed E-state index contributed by atoms with van der Waals surface area (Å²) in [6, 6.07) is 16.7. The smallest absolute Gasteiger partial charge is 0.233 e. The maximum atomic E-state index is 12.8. The van der Waals surface area contributed by atoms with Crippen LogP contribution >= 0.6 is 23.5 Å². The van der Waals surface area contributed by atoms with Gasteiger partial charge in [0.1, 0.15) is 10.1 Å². The zero-order valence-electron chi connectivity index (χ0n) is 17.8. The fourth-order valence-electron chi connectivity index (χ4n) is 3.59. The molecule has 0 saturated carbocycles. The summed E-state index contributed by atoms with van der Waals surface area (Å²) in [5.74, 6) is 0.539. The number of amides is 1. The quantitative estimate of drug-likeness (QED) is 0.508. The Labute approximate surface area is 192 Å².